The molecule has 0 spiro atoms. The van der Waals surface area contributed by atoms with Crippen molar-refractivity contribution in [2.75, 3.05) is 4.83 Å². The maximum absolute atomic E-state index is 12.9. The molecule has 0 saturated heterocycles. The lowest BCUT2D eigenvalue weighted by atomic mass is 10.4. The van der Waals surface area contributed by atoms with Crippen molar-refractivity contribution in [2.45, 2.75) is 4.90 Å². The topological polar surface area (TPSA) is 51.1 Å². The van der Waals surface area contributed by atoms with E-state index in [-0.39, 0.29) is 4.90 Å². The molecule has 2 rings (SSSR count). The molecule has 1 heterocycles. The van der Waals surface area contributed by atoms with Crippen molar-refractivity contribution in [1.82, 2.24) is 4.68 Å². The van der Waals surface area contributed by atoms with E-state index >= 15 is 0 Å². The van der Waals surface area contributed by atoms with Crippen molar-refractivity contribution >= 4 is 10.0 Å². The van der Waals surface area contributed by atoms with Gasteiger partial charge in [-0.3, -0.25) is 4.68 Å². The fourth-order valence-electron chi connectivity index (χ4n) is 1.22. The lowest BCUT2D eigenvalue weighted by Crippen LogP contribution is -2.21. The van der Waals surface area contributed by atoms with Crippen LogP contribution in [0.1, 0.15) is 0 Å². The molecule has 0 bridgehead atoms. The molecule has 0 unspecified atom stereocenters. The molecule has 0 radical (unpaired) electrons. The maximum atomic E-state index is 12.9. The summed E-state index contributed by atoms with van der Waals surface area (Å²) < 4.78 is 37.7. The van der Waals surface area contributed by atoms with Gasteiger partial charge in [0.1, 0.15) is 5.82 Å². The second-order valence-corrected chi connectivity index (χ2v) is 4.80. The molecule has 0 fully saturated rings. The van der Waals surface area contributed by atoms with E-state index in [2.05, 4.69) is 4.83 Å². The second kappa shape index (κ2) is 3.97. The third-order valence-corrected chi connectivity index (χ3v) is 3.26. The largest absolute Gasteiger partial charge is 0.275 e. The third kappa shape index (κ3) is 2.22. The Morgan fingerprint density at radius 2 is 1.81 bits per heavy atom. The quantitative estimate of drug-likeness (QED) is 0.885. The fraction of sp³-hybridized carbons (Fsp3) is 0. The predicted octanol–water partition coefficient (Wildman–Crippen LogP) is 1.56. The van der Waals surface area contributed by atoms with Gasteiger partial charge in [-0.1, -0.05) is 6.07 Å². The van der Waals surface area contributed by atoms with Crippen molar-refractivity contribution in [1.29, 1.82) is 0 Å². The SMILES string of the molecule is O=S(=O)(Nn1cccc1)c1cccc(F)c1. The highest BCUT2D eigenvalue weighted by Gasteiger charge is 2.13. The normalized spacial score (nSPS) is 11.3. The van der Waals surface area contributed by atoms with Crippen LogP contribution in [0.25, 0.3) is 0 Å². The minimum Gasteiger partial charge on any atom is -0.261 e. The van der Waals surface area contributed by atoms with Crippen LogP contribution in [0.3, 0.4) is 0 Å². The summed E-state index contributed by atoms with van der Waals surface area (Å²) >= 11 is 0. The number of aromatic nitrogens is 1. The molecule has 0 aliphatic heterocycles. The zero-order chi connectivity index (χ0) is 11.6. The van der Waals surface area contributed by atoms with E-state index in [4.69, 9.17) is 0 Å². The summed E-state index contributed by atoms with van der Waals surface area (Å²) in [5, 5.41) is 0. The van der Waals surface area contributed by atoms with Gasteiger partial charge in [0.15, 0.2) is 0 Å². The number of sulfonamides is 1. The summed E-state index contributed by atoms with van der Waals surface area (Å²) in [7, 11) is -3.73. The lowest BCUT2D eigenvalue weighted by Gasteiger charge is -2.08. The standard InChI is InChI=1S/C10H9FN2O2S/c11-9-4-3-5-10(8-9)16(14,15)12-13-6-1-2-7-13/h1-8,12H. The Labute approximate surface area is 92.4 Å². The molecule has 4 nitrogen and oxygen atoms in total. The van der Waals surface area contributed by atoms with Gasteiger partial charge in [-0.05, 0) is 30.3 Å². The number of hydrogen-bond acceptors (Lipinski definition) is 2. The zero-order valence-corrected chi connectivity index (χ0v) is 8.99. The number of benzene rings is 1. The molecule has 84 valence electrons. The first kappa shape index (κ1) is 10.7. The smallest absolute Gasteiger partial charge is 0.261 e. The Morgan fingerprint density at radius 1 is 1.12 bits per heavy atom. The first-order valence-electron chi connectivity index (χ1n) is 4.49. The Hall–Kier alpha value is -1.82. The summed E-state index contributed by atoms with van der Waals surface area (Å²) in [6.07, 6.45) is 3.08. The zero-order valence-electron chi connectivity index (χ0n) is 8.17. The number of hydrogen-bond donors (Lipinski definition) is 1. The summed E-state index contributed by atoms with van der Waals surface area (Å²) in [4.78, 5) is 2.15. The highest BCUT2D eigenvalue weighted by Crippen LogP contribution is 2.11. The summed E-state index contributed by atoms with van der Waals surface area (Å²) in [5.41, 5.74) is 0. The summed E-state index contributed by atoms with van der Waals surface area (Å²) in [6.45, 7) is 0. The van der Waals surface area contributed by atoms with Gasteiger partial charge < -0.3 is 0 Å². The van der Waals surface area contributed by atoms with Gasteiger partial charge in [-0.15, -0.1) is 0 Å². The van der Waals surface area contributed by atoms with E-state index in [1.54, 1.807) is 12.1 Å². The van der Waals surface area contributed by atoms with Crippen molar-refractivity contribution in [3.05, 3.63) is 54.6 Å². The van der Waals surface area contributed by atoms with E-state index in [0.717, 1.165) is 6.07 Å². The predicted molar refractivity (Wildman–Crippen MR) is 57.4 cm³/mol. The van der Waals surface area contributed by atoms with Gasteiger partial charge in [0, 0.05) is 12.4 Å². The minimum atomic E-state index is -3.73. The van der Waals surface area contributed by atoms with Crippen LogP contribution in [0.5, 0.6) is 0 Å². The van der Waals surface area contributed by atoms with Crippen LogP contribution in [-0.4, -0.2) is 13.1 Å². The lowest BCUT2D eigenvalue weighted by molar-refractivity contribution is 0.590. The molecule has 1 N–H and O–H groups in total. The van der Waals surface area contributed by atoms with Crippen molar-refractivity contribution in [3.8, 4) is 0 Å². The van der Waals surface area contributed by atoms with E-state index in [9.17, 15) is 12.8 Å². The number of rotatable bonds is 3. The highest BCUT2D eigenvalue weighted by atomic mass is 32.2. The number of nitrogens with zero attached hydrogens (tertiary/aromatic N) is 1. The Morgan fingerprint density at radius 3 is 2.44 bits per heavy atom. The Kier molecular flexibility index (Phi) is 2.66. The average Bonchev–Trinajstić information content (AvgIpc) is 2.70. The first-order chi connectivity index (χ1) is 7.58. The molecule has 1 aromatic carbocycles. The second-order valence-electron chi connectivity index (χ2n) is 3.14. The molecule has 1 aromatic heterocycles. The van der Waals surface area contributed by atoms with Crippen LogP contribution in [-0.2, 0) is 10.0 Å². The minimum absolute atomic E-state index is 0.110. The molecular formula is C10H9FN2O2S. The first-order valence-corrected chi connectivity index (χ1v) is 5.98. The molecule has 0 aliphatic carbocycles. The van der Waals surface area contributed by atoms with Gasteiger partial charge in [-0.2, -0.15) is 8.42 Å². The third-order valence-electron chi connectivity index (χ3n) is 1.94. The summed E-state index contributed by atoms with van der Waals surface area (Å²) in [6, 6.07) is 8.18. The van der Waals surface area contributed by atoms with Gasteiger partial charge >= 0.3 is 0 Å². The van der Waals surface area contributed by atoms with Crippen molar-refractivity contribution in [2.24, 2.45) is 0 Å². The van der Waals surface area contributed by atoms with Crippen LogP contribution >= 0.6 is 0 Å². The van der Waals surface area contributed by atoms with Crippen molar-refractivity contribution in [3.63, 3.8) is 0 Å². The highest BCUT2D eigenvalue weighted by molar-refractivity contribution is 7.92. The van der Waals surface area contributed by atoms with Crippen LogP contribution in [0, 0.1) is 5.82 Å². The van der Waals surface area contributed by atoms with Crippen LogP contribution < -0.4 is 4.83 Å². The molecular weight excluding hydrogens is 231 g/mol. The van der Waals surface area contributed by atoms with E-state index in [1.165, 1.54) is 35.3 Å². The molecule has 0 saturated carbocycles. The molecule has 6 heteroatoms. The van der Waals surface area contributed by atoms with Crippen LogP contribution in [0.2, 0.25) is 0 Å². The van der Waals surface area contributed by atoms with E-state index < -0.39 is 15.8 Å². The van der Waals surface area contributed by atoms with Crippen LogP contribution in [0.4, 0.5) is 4.39 Å². The molecule has 16 heavy (non-hydrogen) atoms. The Bertz CT molecular complexity index is 579. The maximum Gasteiger partial charge on any atom is 0.275 e. The van der Waals surface area contributed by atoms with Gasteiger partial charge in [-0.25, -0.2) is 9.22 Å². The molecule has 2 aromatic rings. The Balaban J connectivity index is 2.33. The van der Waals surface area contributed by atoms with Gasteiger partial charge in [0.25, 0.3) is 10.0 Å². The van der Waals surface area contributed by atoms with Crippen molar-refractivity contribution < 1.29 is 12.8 Å². The monoisotopic (exact) mass is 240 g/mol. The van der Waals surface area contributed by atoms with Gasteiger partial charge in [0.05, 0.1) is 4.90 Å². The number of halogens is 1. The molecule has 0 atom stereocenters. The average molecular weight is 240 g/mol. The fourth-order valence-corrected chi connectivity index (χ4v) is 2.25. The number of nitrogens with one attached hydrogen (secondary N) is 1. The summed E-state index contributed by atoms with van der Waals surface area (Å²) in [5.74, 6) is -0.588. The molecule has 0 amide bonds. The van der Waals surface area contributed by atoms with Gasteiger partial charge in [0.2, 0.25) is 0 Å². The van der Waals surface area contributed by atoms with E-state index in [1.807, 2.05) is 0 Å². The van der Waals surface area contributed by atoms with E-state index in [0.29, 0.717) is 0 Å². The van der Waals surface area contributed by atoms with Crippen LogP contribution in [0.15, 0.2) is 53.7 Å². The molecule has 0 aliphatic rings.